The van der Waals surface area contributed by atoms with E-state index in [0.717, 1.165) is 55.8 Å². The summed E-state index contributed by atoms with van der Waals surface area (Å²) < 4.78 is 10.5. The number of ether oxygens (including phenoxy) is 1. The van der Waals surface area contributed by atoms with E-state index < -0.39 is 0 Å². The molecular weight excluding hydrogens is 661 g/mol. The molecule has 0 saturated carbocycles. The number of anilines is 1. The molecule has 0 radical (unpaired) electrons. The van der Waals surface area contributed by atoms with Crippen LogP contribution in [0.4, 0.5) is 5.69 Å². The molecule has 7 rings (SSSR count). The Balaban J connectivity index is 0.00000372. The van der Waals surface area contributed by atoms with Crippen LogP contribution in [0, 0.1) is 46.8 Å². The van der Waals surface area contributed by atoms with Crippen molar-refractivity contribution in [3.63, 3.8) is 0 Å². The number of rotatable bonds is 6. The van der Waals surface area contributed by atoms with Crippen LogP contribution in [0.15, 0.2) is 85.1 Å². The number of aromatic nitrogens is 4. The van der Waals surface area contributed by atoms with E-state index in [1.165, 1.54) is 22.4 Å². The first-order chi connectivity index (χ1) is 21.7. The van der Waals surface area contributed by atoms with Crippen molar-refractivity contribution in [1.82, 2.24) is 19.3 Å². The fourth-order valence-corrected chi connectivity index (χ4v) is 6.38. The number of para-hydroxylation sites is 1. The molecule has 0 aliphatic rings. The van der Waals surface area contributed by atoms with Gasteiger partial charge >= 0.3 is 20.4 Å². The van der Waals surface area contributed by atoms with Gasteiger partial charge in [-0.2, -0.15) is 17.2 Å². The number of hydrogen-bond donors (Lipinski definition) is 0. The van der Waals surface area contributed by atoms with Gasteiger partial charge in [0.05, 0.1) is 5.69 Å². The van der Waals surface area contributed by atoms with Gasteiger partial charge in [0.2, 0.25) is 0 Å². The Morgan fingerprint density at radius 2 is 1.48 bits per heavy atom. The third-order valence-corrected chi connectivity index (χ3v) is 8.46. The molecule has 7 aromatic rings. The molecule has 232 valence electrons. The summed E-state index contributed by atoms with van der Waals surface area (Å²) in [4.78, 5) is 6.83. The van der Waals surface area contributed by atoms with E-state index in [2.05, 4.69) is 124 Å². The Hall–Kier alpha value is -4.70. The van der Waals surface area contributed by atoms with Crippen molar-refractivity contribution in [1.29, 1.82) is 0 Å². The summed E-state index contributed by atoms with van der Waals surface area (Å²) in [5.41, 5.74) is 12.0. The van der Waals surface area contributed by atoms with Gasteiger partial charge in [0.15, 0.2) is 0 Å². The van der Waals surface area contributed by atoms with Crippen LogP contribution in [0.2, 0.25) is 0 Å². The average molecular weight is 696 g/mol. The molecule has 0 aliphatic carbocycles. The van der Waals surface area contributed by atoms with Gasteiger partial charge in [0, 0.05) is 54.3 Å². The molecule has 0 atom stereocenters. The van der Waals surface area contributed by atoms with Crippen molar-refractivity contribution in [3.8, 4) is 34.1 Å². The van der Waals surface area contributed by atoms with Crippen LogP contribution in [-0.2, 0) is 20.4 Å². The normalized spacial score (nSPS) is 11.2. The second-order valence-electron chi connectivity index (χ2n) is 11.9. The average Bonchev–Trinajstić information content (AvgIpc) is 3.50. The monoisotopic (exact) mass is 695 g/mol. The standard InChI is InChI=1S/C39H35N5O.Pd/c1-24-17-18-40-37(19-24)43-35-14-9-8-13-33(35)34-16-15-32(23-36(34)43)45-31-12-10-11-29(22-31)44-28(5)39(27(4)41-44)38-25(2)20-30(42(6)7)21-26(38)3;/h8-21H,1-7H3;/q-2;+2. The predicted molar refractivity (Wildman–Crippen MR) is 183 cm³/mol. The van der Waals surface area contributed by atoms with Crippen LogP contribution in [-0.4, -0.2) is 33.4 Å². The topological polar surface area (TPSA) is 48.1 Å². The van der Waals surface area contributed by atoms with Crippen molar-refractivity contribution in [2.75, 3.05) is 19.0 Å². The molecule has 0 amide bonds. The zero-order valence-electron chi connectivity index (χ0n) is 27.0. The van der Waals surface area contributed by atoms with E-state index in [4.69, 9.17) is 9.84 Å². The van der Waals surface area contributed by atoms with Crippen molar-refractivity contribution in [2.24, 2.45) is 0 Å². The number of aryl methyl sites for hydroxylation is 4. The van der Waals surface area contributed by atoms with Crippen molar-refractivity contribution < 1.29 is 25.2 Å². The van der Waals surface area contributed by atoms with E-state index in [-0.39, 0.29) is 20.4 Å². The van der Waals surface area contributed by atoms with Crippen LogP contribution in [0.3, 0.4) is 0 Å². The largest absolute Gasteiger partial charge is 2.00 e. The minimum absolute atomic E-state index is 0. The number of nitrogens with zero attached hydrogens (tertiary/aromatic N) is 5. The third-order valence-electron chi connectivity index (χ3n) is 8.46. The van der Waals surface area contributed by atoms with E-state index in [1.807, 2.05) is 41.2 Å². The summed E-state index contributed by atoms with van der Waals surface area (Å²) in [5, 5.41) is 7.21. The molecule has 3 heterocycles. The first-order valence-electron chi connectivity index (χ1n) is 15.1. The van der Waals surface area contributed by atoms with Crippen LogP contribution in [0.25, 0.3) is 44.4 Å². The van der Waals surface area contributed by atoms with Crippen LogP contribution in [0.5, 0.6) is 11.5 Å². The van der Waals surface area contributed by atoms with Gasteiger partial charge in [-0.1, -0.05) is 23.7 Å². The maximum Gasteiger partial charge on any atom is 2.00 e. The van der Waals surface area contributed by atoms with Gasteiger partial charge in [-0.3, -0.25) is 4.68 Å². The van der Waals surface area contributed by atoms with Crippen molar-refractivity contribution in [3.05, 3.63) is 125 Å². The summed E-state index contributed by atoms with van der Waals surface area (Å²) in [7, 11) is 4.15. The molecular formula is C39H35N5OPd. The summed E-state index contributed by atoms with van der Waals surface area (Å²) in [6.07, 6.45) is 1.85. The van der Waals surface area contributed by atoms with E-state index in [9.17, 15) is 0 Å². The molecule has 0 saturated heterocycles. The van der Waals surface area contributed by atoms with Gasteiger partial charge in [0.1, 0.15) is 5.82 Å². The van der Waals surface area contributed by atoms with E-state index in [1.54, 1.807) is 0 Å². The maximum atomic E-state index is 6.40. The van der Waals surface area contributed by atoms with Crippen molar-refractivity contribution in [2.45, 2.75) is 34.6 Å². The third kappa shape index (κ3) is 5.40. The molecule has 0 N–H and O–H groups in total. The molecule has 7 heteroatoms. The van der Waals surface area contributed by atoms with Crippen molar-refractivity contribution >= 4 is 27.5 Å². The Kier molecular flexibility index (Phi) is 8.33. The second kappa shape index (κ2) is 12.2. The maximum absolute atomic E-state index is 6.40. The zero-order valence-corrected chi connectivity index (χ0v) is 28.6. The van der Waals surface area contributed by atoms with E-state index >= 15 is 0 Å². The quantitative estimate of drug-likeness (QED) is 0.129. The molecule has 6 nitrogen and oxygen atoms in total. The predicted octanol–water partition coefficient (Wildman–Crippen LogP) is 9.03. The second-order valence-corrected chi connectivity index (χ2v) is 11.9. The van der Waals surface area contributed by atoms with Gasteiger partial charge in [-0.15, -0.1) is 35.7 Å². The Bertz CT molecular complexity index is 2220. The summed E-state index contributed by atoms with van der Waals surface area (Å²) in [6, 6.07) is 33.9. The van der Waals surface area contributed by atoms with Gasteiger partial charge in [-0.25, -0.2) is 4.98 Å². The summed E-state index contributed by atoms with van der Waals surface area (Å²) >= 11 is 0. The molecule has 0 spiro atoms. The minimum atomic E-state index is 0. The van der Waals surface area contributed by atoms with Crippen LogP contribution in [0.1, 0.15) is 28.1 Å². The molecule has 0 fully saturated rings. The molecule has 4 aromatic carbocycles. The van der Waals surface area contributed by atoms with Gasteiger partial charge in [-0.05, 0) is 98.3 Å². The summed E-state index contributed by atoms with van der Waals surface area (Å²) in [6.45, 7) is 10.6. The Morgan fingerprint density at radius 1 is 0.739 bits per heavy atom. The number of pyridine rings is 1. The fourth-order valence-electron chi connectivity index (χ4n) is 6.38. The molecule has 0 bridgehead atoms. The molecule has 0 aliphatic heterocycles. The van der Waals surface area contributed by atoms with Gasteiger partial charge < -0.3 is 14.2 Å². The fraction of sp³-hybridized carbons (Fsp3) is 0.179. The minimum Gasteiger partial charge on any atom is -0.509 e. The van der Waals surface area contributed by atoms with Crippen LogP contribution < -0.4 is 9.64 Å². The molecule has 46 heavy (non-hydrogen) atoms. The number of hydrogen-bond acceptors (Lipinski definition) is 4. The molecule has 0 unspecified atom stereocenters. The summed E-state index contributed by atoms with van der Waals surface area (Å²) in [5.74, 6) is 2.05. The van der Waals surface area contributed by atoms with Gasteiger partial charge in [0.25, 0.3) is 0 Å². The molecule has 3 aromatic heterocycles. The smallest absolute Gasteiger partial charge is 0.509 e. The first-order valence-corrected chi connectivity index (χ1v) is 15.1. The Labute approximate surface area is 283 Å². The first kappa shape index (κ1) is 31.3. The van der Waals surface area contributed by atoms with Crippen LogP contribution >= 0.6 is 0 Å². The number of fused-ring (bicyclic) bond motifs is 3. The number of benzene rings is 4. The zero-order chi connectivity index (χ0) is 31.4. The van der Waals surface area contributed by atoms with E-state index in [0.29, 0.717) is 11.5 Å². The Morgan fingerprint density at radius 3 is 2.22 bits per heavy atom. The SMILES string of the molecule is Cc1ccnc(-n2c3[c-]c(Oc4[c-]c(-n5nc(C)c(-c6c(C)cc(N(C)C)cc6C)c5C)ccc4)ccc3c3ccccc32)c1.[Pd+2].